The third-order valence-corrected chi connectivity index (χ3v) is 1.59. The summed E-state index contributed by atoms with van der Waals surface area (Å²) in [4.78, 5) is 1.02. The number of aromatic nitrogens is 1. The minimum absolute atomic E-state index is 1.02. The van der Waals surface area contributed by atoms with Crippen LogP contribution in [0.1, 0.15) is 13.3 Å². The van der Waals surface area contributed by atoms with Crippen molar-refractivity contribution in [2.75, 3.05) is 0 Å². The molecule has 0 fully saturated rings. The summed E-state index contributed by atoms with van der Waals surface area (Å²) in [6.45, 7) is 3.24. The molecule has 1 nitrogen and oxygen atoms in total. The molecule has 0 aliphatic carbocycles. The van der Waals surface area contributed by atoms with E-state index < -0.39 is 0 Å². The fourth-order valence-corrected chi connectivity index (χ4v) is 1.14. The fourth-order valence-electron chi connectivity index (χ4n) is 0.905. The Morgan fingerprint density at radius 2 is 2.40 bits per heavy atom. The topological polar surface area (TPSA) is 3.88 Å². The van der Waals surface area contributed by atoms with Crippen molar-refractivity contribution < 1.29 is 4.57 Å². The monoisotopic (exact) mass is 154 g/mol. The summed E-state index contributed by atoms with van der Waals surface area (Å²) in [5, 5.41) is 0. The Hall–Kier alpha value is -0.500. The summed E-state index contributed by atoms with van der Waals surface area (Å²) in [7, 11) is 0. The predicted octanol–water partition coefficient (Wildman–Crippen LogP) is 1.67. The average Bonchev–Trinajstić information content (AvgIpc) is 1.88. The van der Waals surface area contributed by atoms with Gasteiger partial charge in [-0.15, -0.1) is 12.6 Å². The number of rotatable bonds is 2. The number of hydrogen-bond donors (Lipinski definition) is 1. The van der Waals surface area contributed by atoms with E-state index in [1.807, 2.05) is 18.3 Å². The van der Waals surface area contributed by atoms with Gasteiger partial charge < -0.3 is 0 Å². The Labute approximate surface area is 67.1 Å². The van der Waals surface area contributed by atoms with Gasteiger partial charge in [-0.05, 0) is 6.07 Å². The van der Waals surface area contributed by atoms with Gasteiger partial charge in [0.05, 0.1) is 4.90 Å². The number of thiol groups is 1. The lowest BCUT2D eigenvalue weighted by Crippen LogP contribution is -2.32. The van der Waals surface area contributed by atoms with Crippen LogP contribution in [0.5, 0.6) is 0 Å². The van der Waals surface area contributed by atoms with Gasteiger partial charge in [-0.3, -0.25) is 0 Å². The highest BCUT2D eigenvalue weighted by Crippen LogP contribution is 1.98. The van der Waals surface area contributed by atoms with Gasteiger partial charge in [-0.2, -0.15) is 0 Å². The first-order valence-electron chi connectivity index (χ1n) is 3.51. The third kappa shape index (κ3) is 2.03. The molecule has 1 aromatic heterocycles. The highest BCUT2D eigenvalue weighted by atomic mass is 32.1. The molecule has 2 heteroatoms. The molecule has 1 aromatic rings. The van der Waals surface area contributed by atoms with Crippen molar-refractivity contribution in [1.82, 2.24) is 0 Å². The van der Waals surface area contributed by atoms with Crippen LogP contribution in [0.4, 0.5) is 0 Å². The zero-order chi connectivity index (χ0) is 7.40. The zero-order valence-corrected chi connectivity index (χ0v) is 7.01. The molecule has 1 rings (SSSR count). The standard InChI is InChI=1S/C8H11NS/c1-2-5-9-6-3-4-8(10)7-9/h3-4,6-7H,2,5H2,1H3/p+1. The Kier molecular flexibility index (Phi) is 2.75. The molecule has 0 spiro atoms. The third-order valence-electron chi connectivity index (χ3n) is 1.32. The van der Waals surface area contributed by atoms with Crippen LogP contribution in [-0.4, -0.2) is 0 Å². The van der Waals surface area contributed by atoms with Crippen LogP contribution >= 0.6 is 12.6 Å². The van der Waals surface area contributed by atoms with Crippen molar-refractivity contribution >= 4 is 12.6 Å². The lowest BCUT2D eigenvalue weighted by molar-refractivity contribution is -0.698. The van der Waals surface area contributed by atoms with Gasteiger partial charge in [0, 0.05) is 12.5 Å². The molecule has 0 aromatic carbocycles. The molecule has 0 radical (unpaired) electrons. The van der Waals surface area contributed by atoms with E-state index in [4.69, 9.17) is 0 Å². The molecule has 0 aliphatic heterocycles. The highest BCUT2D eigenvalue weighted by molar-refractivity contribution is 7.80. The van der Waals surface area contributed by atoms with Gasteiger partial charge in [0.2, 0.25) is 0 Å². The van der Waals surface area contributed by atoms with Crippen molar-refractivity contribution in [2.45, 2.75) is 24.8 Å². The second kappa shape index (κ2) is 3.62. The largest absolute Gasteiger partial charge is 0.204 e. The van der Waals surface area contributed by atoms with E-state index in [-0.39, 0.29) is 0 Å². The first kappa shape index (κ1) is 7.61. The Balaban J connectivity index is 2.75. The van der Waals surface area contributed by atoms with Gasteiger partial charge in [0.15, 0.2) is 12.4 Å². The molecule has 0 amide bonds. The molecule has 0 saturated carbocycles. The summed E-state index contributed by atoms with van der Waals surface area (Å²) in [5.74, 6) is 0. The zero-order valence-electron chi connectivity index (χ0n) is 6.12. The second-order valence-electron chi connectivity index (χ2n) is 2.30. The van der Waals surface area contributed by atoms with E-state index in [0.717, 1.165) is 11.4 Å². The first-order chi connectivity index (χ1) is 4.83. The van der Waals surface area contributed by atoms with Crippen molar-refractivity contribution in [2.24, 2.45) is 0 Å². The number of aryl methyl sites for hydroxylation is 1. The van der Waals surface area contributed by atoms with Crippen LogP contribution in [-0.2, 0) is 6.54 Å². The van der Waals surface area contributed by atoms with Gasteiger partial charge in [0.25, 0.3) is 0 Å². The van der Waals surface area contributed by atoms with Crippen LogP contribution < -0.4 is 4.57 Å². The van der Waals surface area contributed by atoms with Crippen LogP contribution in [0.2, 0.25) is 0 Å². The molecule has 10 heavy (non-hydrogen) atoms. The minimum Gasteiger partial charge on any atom is -0.204 e. The number of pyridine rings is 1. The number of hydrogen-bond acceptors (Lipinski definition) is 1. The summed E-state index contributed by atoms with van der Waals surface area (Å²) in [6.07, 6.45) is 5.26. The van der Waals surface area contributed by atoms with Crippen molar-refractivity contribution in [3.05, 3.63) is 24.5 Å². The summed E-state index contributed by atoms with van der Waals surface area (Å²) >= 11 is 4.23. The first-order valence-corrected chi connectivity index (χ1v) is 3.95. The lowest BCUT2D eigenvalue weighted by atomic mass is 10.4. The Morgan fingerprint density at radius 1 is 1.60 bits per heavy atom. The second-order valence-corrected chi connectivity index (χ2v) is 2.82. The minimum atomic E-state index is 1.02. The molecular formula is C8H12NS+. The van der Waals surface area contributed by atoms with E-state index in [0.29, 0.717) is 0 Å². The summed E-state index contributed by atoms with van der Waals surface area (Å²) in [6, 6.07) is 3.99. The highest BCUT2D eigenvalue weighted by Gasteiger charge is 1.95. The van der Waals surface area contributed by atoms with Crippen LogP contribution in [0.25, 0.3) is 0 Å². The van der Waals surface area contributed by atoms with Gasteiger partial charge in [0.1, 0.15) is 6.54 Å². The van der Waals surface area contributed by atoms with E-state index in [1.54, 1.807) is 0 Å². The van der Waals surface area contributed by atoms with Gasteiger partial charge in [-0.25, -0.2) is 4.57 Å². The van der Waals surface area contributed by atoms with Crippen molar-refractivity contribution in [1.29, 1.82) is 0 Å². The maximum absolute atomic E-state index is 4.23. The van der Waals surface area contributed by atoms with E-state index in [9.17, 15) is 0 Å². The molecule has 0 atom stereocenters. The van der Waals surface area contributed by atoms with Crippen LogP contribution in [0.3, 0.4) is 0 Å². The maximum Gasteiger partial charge on any atom is 0.182 e. The van der Waals surface area contributed by atoms with Crippen molar-refractivity contribution in [3.8, 4) is 0 Å². The fraction of sp³-hybridized carbons (Fsp3) is 0.375. The summed E-state index contributed by atoms with van der Waals surface area (Å²) < 4.78 is 2.14. The molecule has 0 aliphatic rings. The lowest BCUT2D eigenvalue weighted by Gasteiger charge is -1.92. The predicted molar refractivity (Wildman–Crippen MR) is 44.2 cm³/mol. The summed E-state index contributed by atoms with van der Waals surface area (Å²) in [5.41, 5.74) is 0. The van der Waals surface area contributed by atoms with E-state index >= 15 is 0 Å². The number of nitrogens with zero attached hydrogens (tertiary/aromatic N) is 1. The van der Waals surface area contributed by atoms with Crippen molar-refractivity contribution in [3.63, 3.8) is 0 Å². The molecule has 0 saturated heterocycles. The van der Waals surface area contributed by atoms with E-state index in [2.05, 4.69) is 30.3 Å². The Bertz CT molecular complexity index is 210. The molecule has 1 heterocycles. The quantitative estimate of drug-likeness (QED) is 0.488. The van der Waals surface area contributed by atoms with Crippen LogP contribution in [0.15, 0.2) is 29.4 Å². The van der Waals surface area contributed by atoms with E-state index in [1.165, 1.54) is 6.42 Å². The normalized spacial score (nSPS) is 9.80. The molecule has 54 valence electrons. The SMILES string of the molecule is CCC[n+]1cccc(S)c1. The van der Waals surface area contributed by atoms with Gasteiger partial charge in [-0.1, -0.05) is 6.92 Å². The molecule has 0 bridgehead atoms. The Morgan fingerprint density at radius 3 is 3.00 bits per heavy atom. The molecule has 0 N–H and O–H groups in total. The van der Waals surface area contributed by atoms with Gasteiger partial charge >= 0.3 is 0 Å². The maximum atomic E-state index is 4.23. The molecule has 0 unspecified atom stereocenters. The smallest absolute Gasteiger partial charge is 0.182 e. The van der Waals surface area contributed by atoms with Crippen LogP contribution in [0, 0.1) is 0 Å². The molecular weight excluding hydrogens is 142 g/mol. The average molecular weight is 154 g/mol.